The predicted octanol–water partition coefficient (Wildman–Crippen LogP) is 0.829. The number of rotatable bonds is 10. The van der Waals surface area contributed by atoms with E-state index in [1.807, 2.05) is 0 Å². The number of aliphatic carboxylic acids is 1. The van der Waals surface area contributed by atoms with Crippen molar-refractivity contribution < 1.29 is 28.7 Å². The maximum absolute atomic E-state index is 13.2. The van der Waals surface area contributed by atoms with Gasteiger partial charge in [0.15, 0.2) is 10.8 Å². The molecule has 18 heteroatoms. The summed E-state index contributed by atoms with van der Waals surface area (Å²) in [6, 6.07) is 4.55. The average molecular weight is 592 g/mol. The highest BCUT2D eigenvalue weighted by molar-refractivity contribution is 8.01. The summed E-state index contributed by atoms with van der Waals surface area (Å²) in [6.07, 6.45) is 0. The van der Waals surface area contributed by atoms with Gasteiger partial charge in [0, 0.05) is 16.9 Å². The third-order valence-electron chi connectivity index (χ3n) is 5.53. The Hall–Kier alpha value is -4.03. The Morgan fingerprint density at radius 2 is 2.15 bits per heavy atom. The first kappa shape index (κ1) is 26.6. The number of carboxylic acid groups (broad SMARTS) is 1. The number of amides is 2. The number of aromatic amines is 1. The molecule has 5 rings (SSSR count). The maximum atomic E-state index is 13.2. The van der Waals surface area contributed by atoms with E-state index in [4.69, 9.17) is 10.6 Å². The van der Waals surface area contributed by atoms with Crippen LogP contribution in [-0.2, 0) is 25.8 Å². The lowest BCUT2D eigenvalue weighted by Crippen LogP contribution is -2.71. The van der Waals surface area contributed by atoms with Crippen molar-refractivity contribution in [1.29, 1.82) is 0 Å². The number of H-pyrrole nitrogens is 1. The number of aromatic nitrogens is 5. The number of nitrogens with two attached hydrogens (primary N) is 1. The number of tetrazole rings is 1. The van der Waals surface area contributed by atoms with Crippen LogP contribution in [0.25, 0.3) is 0 Å². The van der Waals surface area contributed by atoms with Crippen LogP contribution in [0.3, 0.4) is 0 Å². The quantitative estimate of drug-likeness (QED) is 0.112. The summed E-state index contributed by atoms with van der Waals surface area (Å²) in [5.41, 5.74) is 6.65. The number of thioether (sulfide) groups is 2. The number of halogens is 1. The number of oxime groups is 1. The molecule has 3 aromatic rings. The van der Waals surface area contributed by atoms with Gasteiger partial charge in [-0.05, 0) is 33.7 Å². The first-order valence-electron chi connectivity index (χ1n) is 11.0. The van der Waals surface area contributed by atoms with Crippen molar-refractivity contribution in [3.8, 4) is 0 Å². The van der Waals surface area contributed by atoms with Crippen LogP contribution in [-0.4, -0.2) is 82.0 Å². The van der Waals surface area contributed by atoms with E-state index < -0.39 is 35.0 Å². The summed E-state index contributed by atoms with van der Waals surface area (Å²) in [6.45, 7) is -0.0526. The summed E-state index contributed by atoms with van der Waals surface area (Å²) in [7, 11) is 0. The van der Waals surface area contributed by atoms with Crippen molar-refractivity contribution in [2.24, 2.45) is 5.16 Å². The van der Waals surface area contributed by atoms with E-state index in [9.17, 15) is 23.9 Å². The molecule has 0 aliphatic carbocycles. The second kappa shape index (κ2) is 11.4. The number of hydrogen-bond donors (Lipinski definition) is 4. The summed E-state index contributed by atoms with van der Waals surface area (Å²) < 4.78 is 13.1. The molecule has 0 saturated carbocycles. The van der Waals surface area contributed by atoms with Crippen LogP contribution in [0.5, 0.6) is 0 Å². The lowest BCUT2D eigenvalue weighted by molar-refractivity contribution is -0.150. The molecule has 2 aliphatic heterocycles. The zero-order chi connectivity index (χ0) is 27.5. The van der Waals surface area contributed by atoms with Crippen molar-refractivity contribution in [2.45, 2.75) is 23.2 Å². The monoisotopic (exact) mass is 591 g/mol. The molecule has 1 fully saturated rings. The molecule has 2 aliphatic rings. The highest BCUT2D eigenvalue weighted by Crippen LogP contribution is 2.41. The Labute approximate surface area is 231 Å². The molecule has 0 spiro atoms. The van der Waals surface area contributed by atoms with Gasteiger partial charge < -0.3 is 21.0 Å². The molecule has 2 amide bonds. The second-order valence-electron chi connectivity index (χ2n) is 8.02. The van der Waals surface area contributed by atoms with E-state index >= 15 is 0 Å². The Morgan fingerprint density at radius 1 is 1.36 bits per heavy atom. The van der Waals surface area contributed by atoms with E-state index in [2.05, 4.69) is 36.1 Å². The molecule has 39 heavy (non-hydrogen) atoms. The maximum Gasteiger partial charge on any atom is 0.352 e. The van der Waals surface area contributed by atoms with E-state index in [1.54, 1.807) is 0 Å². The van der Waals surface area contributed by atoms with Crippen molar-refractivity contribution in [2.75, 3.05) is 17.2 Å². The highest BCUT2D eigenvalue weighted by Gasteiger charge is 2.54. The summed E-state index contributed by atoms with van der Waals surface area (Å²) >= 11 is 3.61. The minimum atomic E-state index is -1.25. The van der Waals surface area contributed by atoms with Gasteiger partial charge in [-0.1, -0.05) is 29.1 Å². The SMILES string of the molecule is Nc1nc(/C(=N\OCc2ccc(F)cc2)C(=O)NC2C(=O)N3C(C(=O)O)=C(CSc4nnn[nH]4)CS[C@H]23)cs1. The van der Waals surface area contributed by atoms with E-state index in [-0.39, 0.29) is 34.6 Å². The van der Waals surface area contributed by atoms with Crippen molar-refractivity contribution in [3.63, 3.8) is 0 Å². The van der Waals surface area contributed by atoms with E-state index in [0.29, 0.717) is 22.0 Å². The molecular formula is C21H18FN9O5S3. The Balaban J connectivity index is 1.29. The van der Waals surface area contributed by atoms with Crippen LogP contribution >= 0.6 is 34.9 Å². The first-order chi connectivity index (χ1) is 18.8. The molecule has 1 aromatic carbocycles. The van der Waals surface area contributed by atoms with Crippen molar-refractivity contribution >= 4 is 63.5 Å². The smallest absolute Gasteiger partial charge is 0.352 e. The van der Waals surface area contributed by atoms with Gasteiger partial charge in [0.1, 0.15) is 35.2 Å². The topological polar surface area (TPSA) is 202 Å². The van der Waals surface area contributed by atoms with E-state index in [1.165, 1.54) is 58.1 Å². The minimum Gasteiger partial charge on any atom is -0.477 e. The lowest BCUT2D eigenvalue weighted by Gasteiger charge is -2.49. The van der Waals surface area contributed by atoms with Gasteiger partial charge in [0.2, 0.25) is 5.16 Å². The third-order valence-corrected chi connectivity index (χ3v) is 8.48. The van der Waals surface area contributed by atoms with Gasteiger partial charge in [-0.3, -0.25) is 14.5 Å². The van der Waals surface area contributed by atoms with Gasteiger partial charge in [0.25, 0.3) is 11.8 Å². The fourth-order valence-corrected chi connectivity index (χ4v) is 6.50. The number of nitrogen functional groups attached to an aromatic ring is 1. The zero-order valence-electron chi connectivity index (χ0n) is 19.6. The number of fused-ring (bicyclic) bond motifs is 1. The average Bonchev–Trinajstić information content (AvgIpc) is 3.60. The fourth-order valence-electron chi connectivity index (χ4n) is 3.72. The molecule has 2 aromatic heterocycles. The molecule has 1 unspecified atom stereocenters. The number of carbonyl (C=O) groups is 3. The van der Waals surface area contributed by atoms with Crippen molar-refractivity contribution in [3.05, 3.63) is 58.0 Å². The molecule has 14 nitrogen and oxygen atoms in total. The van der Waals surface area contributed by atoms with Gasteiger partial charge in [-0.25, -0.2) is 19.3 Å². The van der Waals surface area contributed by atoms with Crippen LogP contribution in [0.4, 0.5) is 9.52 Å². The zero-order valence-corrected chi connectivity index (χ0v) is 22.1. The Kier molecular flexibility index (Phi) is 7.75. The highest BCUT2D eigenvalue weighted by atomic mass is 32.2. The fraction of sp³-hybridized carbons (Fsp3) is 0.238. The molecule has 5 N–H and O–H groups in total. The summed E-state index contributed by atoms with van der Waals surface area (Å²) in [5, 5.41) is 31.1. The first-order valence-corrected chi connectivity index (χ1v) is 14.0. The molecule has 1 saturated heterocycles. The van der Waals surface area contributed by atoms with Crippen LogP contribution in [0.1, 0.15) is 11.3 Å². The molecule has 202 valence electrons. The van der Waals surface area contributed by atoms with Gasteiger partial charge in [-0.15, -0.1) is 28.2 Å². The molecule has 2 atom stereocenters. The summed E-state index contributed by atoms with van der Waals surface area (Å²) in [5.74, 6) is -2.41. The van der Waals surface area contributed by atoms with Crippen LogP contribution in [0.2, 0.25) is 0 Å². The largest absolute Gasteiger partial charge is 0.477 e. The molecule has 0 radical (unpaired) electrons. The second-order valence-corrected chi connectivity index (χ2v) is 11.0. The predicted molar refractivity (Wildman–Crippen MR) is 139 cm³/mol. The minimum absolute atomic E-state index is 0.0526. The molecule has 4 heterocycles. The Bertz CT molecular complexity index is 1460. The standard InChI is InChI=1S/C21H18FN9O5S3/c22-11-3-1-9(2-4-11)5-36-28-13(12-8-38-20(23)24-12)16(32)25-14-17(33)31-15(19(34)35)10(6-37-18(14)31)7-39-21-26-29-30-27-21/h1-4,8,14,18H,5-7H2,(H2,23,24)(H,25,32)(H,34,35)(H,26,27,29,30)/b28-13+/t14?,18-/m1/s1. The van der Waals surface area contributed by atoms with Crippen LogP contribution < -0.4 is 11.1 Å². The normalized spacial score (nSPS) is 18.9. The number of β-lactam (4-membered cyclic amide) rings is 1. The van der Waals surface area contributed by atoms with Gasteiger partial charge in [-0.2, -0.15) is 0 Å². The van der Waals surface area contributed by atoms with Gasteiger partial charge in [0.05, 0.1) is 0 Å². The number of nitrogens with zero attached hydrogens (tertiary/aromatic N) is 6. The molecular weight excluding hydrogens is 573 g/mol. The number of anilines is 1. The number of thiazole rings is 1. The van der Waals surface area contributed by atoms with Crippen molar-refractivity contribution in [1.82, 2.24) is 35.8 Å². The molecule has 0 bridgehead atoms. The number of benzene rings is 1. The Morgan fingerprint density at radius 3 is 2.82 bits per heavy atom. The number of carboxylic acids is 1. The number of nitrogens with one attached hydrogen (secondary N) is 2. The summed E-state index contributed by atoms with van der Waals surface area (Å²) in [4.78, 5) is 48.8. The number of carbonyl (C=O) groups excluding carboxylic acids is 2. The third kappa shape index (κ3) is 5.71. The lowest BCUT2D eigenvalue weighted by atomic mass is 10.0. The van der Waals surface area contributed by atoms with Crippen LogP contribution in [0.15, 0.2) is 51.2 Å². The van der Waals surface area contributed by atoms with E-state index in [0.717, 1.165) is 11.3 Å². The van der Waals surface area contributed by atoms with Crippen LogP contribution in [0, 0.1) is 5.82 Å². The van der Waals surface area contributed by atoms with Gasteiger partial charge >= 0.3 is 5.97 Å². The number of hydrogen-bond acceptors (Lipinski definition) is 13.